The van der Waals surface area contributed by atoms with Gasteiger partial charge in [0.25, 0.3) is 0 Å². The number of aryl methyl sites for hydroxylation is 4. The first-order valence-electron chi connectivity index (χ1n) is 9.31. The monoisotopic (exact) mass is 485 g/mol. The number of nitrogens with one attached hydrogen (secondary N) is 2. The lowest BCUT2D eigenvalue weighted by atomic mass is 10.2. The zero-order valence-electron chi connectivity index (χ0n) is 16.8. The molecule has 0 bridgehead atoms. The quantitative estimate of drug-likeness (QED) is 0.247. The van der Waals surface area contributed by atoms with Gasteiger partial charge in [0, 0.05) is 25.3 Å². The molecule has 0 aliphatic carbocycles. The molecule has 27 heavy (non-hydrogen) atoms. The Balaban J connectivity index is 0.00000364. The molecule has 2 N–H and O–H groups in total. The summed E-state index contributed by atoms with van der Waals surface area (Å²) >= 11 is 0. The highest BCUT2D eigenvalue weighted by molar-refractivity contribution is 14.0. The Kier molecular flexibility index (Phi) is 10.8. The van der Waals surface area contributed by atoms with E-state index in [2.05, 4.69) is 53.6 Å². The molecule has 6 nitrogen and oxygen atoms in total. The smallest absolute Gasteiger partial charge is 0.191 e. The average molecular weight is 485 g/mol. The van der Waals surface area contributed by atoms with Crippen LogP contribution in [0.3, 0.4) is 0 Å². The molecule has 1 aromatic heterocycles. The van der Waals surface area contributed by atoms with E-state index in [4.69, 9.17) is 4.74 Å². The molecule has 0 saturated carbocycles. The van der Waals surface area contributed by atoms with Gasteiger partial charge < -0.3 is 15.4 Å². The molecule has 0 amide bonds. The molecule has 2 rings (SSSR count). The Hall–Kier alpha value is -1.77. The van der Waals surface area contributed by atoms with E-state index in [1.54, 1.807) is 0 Å². The third kappa shape index (κ3) is 8.19. The van der Waals surface area contributed by atoms with Gasteiger partial charge in [0.05, 0.1) is 12.2 Å². The van der Waals surface area contributed by atoms with Crippen molar-refractivity contribution in [2.45, 2.75) is 40.7 Å². The number of guanidine groups is 1. The van der Waals surface area contributed by atoms with Gasteiger partial charge in [-0.1, -0.05) is 18.2 Å². The molecular formula is C20H32IN5O. The summed E-state index contributed by atoms with van der Waals surface area (Å²) in [7, 11) is 0. The van der Waals surface area contributed by atoms with Crippen LogP contribution in [0.25, 0.3) is 0 Å². The van der Waals surface area contributed by atoms with Gasteiger partial charge in [-0.05, 0) is 51.8 Å². The van der Waals surface area contributed by atoms with Crippen molar-refractivity contribution in [2.24, 2.45) is 4.99 Å². The third-order valence-electron chi connectivity index (χ3n) is 3.99. The summed E-state index contributed by atoms with van der Waals surface area (Å²) in [5.41, 5.74) is 3.41. The predicted molar refractivity (Wildman–Crippen MR) is 122 cm³/mol. The van der Waals surface area contributed by atoms with Gasteiger partial charge in [-0.25, -0.2) is 0 Å². The SMILES string of the molecule is CCNC(=NCCCn1nc(C)cc1C)NCCOc1ccccc1C.I. The van der Waals surface area contributed by atoms with E-state index in [0.717, 1.165) is 49.0 Å². The largest absolute Gasteiger partial charge is 0.491 e. The molecule has 1 heterocycles. The van der Waals surface area contributed by atoms with Crippen LogP contribution in [-0.4, -0.2) is 42.0 Å². The summed E-state index contributed by atoms with van der Waals surface area (Å²) < 4.78 is 7.85. The van der Waals surface area contributed by atoms with E-state index in [1.807, 2.05) is 29.8 Å². The molecule has 0 atom stereocenters. The maximum Gasteiger partial charge on any atom is 0.191 e. The molecule has 0 radical (unpaired) electrons. The van der Waals surface area contributed by atoms with Crippen molar-refractivity contribution in [3.05, 3.63) is 47.3 Å². The van der Waals surface area contributed by atoms with Gasteiger partial charge in [0.1, 0.15) is 12.4 Å². The Labute approximate surface area is 179 Å². The fourth-order valence-corrected chi connectivity index (χ4v) is 2.70. The highest BCUT2D eigenvalue weighted by atomic mass is 127. The first-order valence-corrected chi connectivity index (χ1v) is 9.31. The fraction of sp³-hybridized carbons (Fsp3) is 0.500. The van der Waals surface area contributed by atoms with E-state index < -0.39 is 0 Å². The van der Waals surface area contributed by atoms with E-state index >= 15 is 0 Å². The number of hydrogen-bond donors (Lipinski definition) is 2. The summed E-state index contributed by atoms with van der Waals surface area (Å²) in [6.45, 7) is 12.0. The Morgan fingerprint density at radius 3 is 2.63 bits per heavy atom. The Morgan fingerprint density at radius 2 is 1.96 bits per heavy atom. The highest BCUT2D eigenvalue weighted by Crippen LogP contribution is 2.15. The number of hydrogen-bond acceptors (Lipinski definition) is 3. The van der Waals surface area contributed by atoms with Crippen LogP contribution >= 0.6 is 24.0 Å². The van der Waals surface area contributed by atoms with Crippen molar-refractivity contribution >= 4 is 29.9 Å². The number of rotatable bonds is 9. The van der Waals surface area contributed by atoms with Gasteiger partial charge in [-0.2, -0.15) is 5.10 Å². The number of halogens is 1. The first kappa shape index (κ1) is 23.3. The predicted octanol–water partition coefficient (Wildman–Crippen LogP) is 3.45. The lowest BCUT2D eigenvalue weighted by molar-refractivity contribution is 0.320. The van der Waals surface area contributed by atoms with Gasteiger partial charge in [0.15, 0.2) is 5.96 Å². The van der Waals surface area contributed by atoms with E-state index in [1.165, 1.54) is 5.69 Å². The van der Waals surface area contributed by atoms with Crippen molar-refractivity contribution in [3.8, 4) is 5.75 Å². The van der Waals surface area contributed by atoms with Crippen molar-refractivity contribution < 1.29 is 4.74 Å². The minimum Gasteiger partial charge on any atom is -0.491 e. The number of para-hydroxylation sites is 1. The van der Waals surface area contributed by atoms with E-state index in [9.17, 15) is 0 Å². The van der Waals surface area contributed by atoms with Crippen LogP contribution in [0.4, 0.5) is 0 Å². The summed E-state index contributed by atoms with van der Waals surface area (Å²) in [4.78, 5) is 4.62. The third-order valence-corrected chi connectivity index (χ3v) is 3.99. The van der Waals surface area contributed by atoms with Crippen molar-refractivity contribution in [2.75, 3.05) is 26.2 Å². The van der Waals surface area contributed by atoms with E-state index in [-0.39, 0.29) is 24.0 Å². The summed E-state index contributed by atoms with van der Waals surface area (Å²) in [5, 5.41) is 11.1. The summed E-state index contributed by atoms with van der Waals surface area (Å²) in [5.74, 6) is 1.76. The van der Waals surface area contributed by atoms with Crippen molar-refractivity contribution in [1.29, 1.82) is 0 Å². The normalized spacial score (nSPS) is 11.0. The second-order valence-electron chi connectivity index (χ2n) is 6.31. The van der Waals surface area contributed by atoms with Crippen LogP contribution < -0.4 is 15.4 Å². The molecule has 0 spiro atoms. The minimum absolute atomic E-state index is 0. The number of aromatic nitrogens is 2. The number of ether oxygens (including phenoxy) is 1. The van der Waals surface area contributed by atoms with Crippen molar-refractivity contribution in [1.82, 2.24) is 20.4 Å². The Bertz CT molecular complexity index is 714. The molecular weight excluding hydrogens is 453 g/mol. The van der Waals surface area contributed by atoms with Crippen LogP contribution in [0.15, 0.2) is 35.3 Å². The molecule has 7 heteroatoms. The zero-order chi connectivity index (χ0) is 18.8. The zero-order valence-corrected chi connectivity index (χ0v) is 19.1. The van der Waals surface area contributed by atoms with Crippen LogP contribution in [0.1, 0.15) is 30.3 Å². The molecule has 2 aromatic rings. The first-order chi connectivity index (χ1) is 12.6. The second-order valence-corrected chi connectivity index (χ2v) is 6.31. The summed E-state index contributed by atoms with van der Waals surface area (Å²) in [6.07, 6.45) is 0.957. The van der Waals surface area contributed by atoms with Crippen LogP contribution in [0.5, 0.6) is 5.75 Å². The summed E-state index contributed by atoms with van der Waals surface area (Å²) in [6, 6.07) is 10.2. The molecule has 0 fully saturated rings. The number of aliphatic imine (C=N–C) groups is 1. The fourth-order valence-electron chi connectivity index (χ4n) is 2.70. The van der Waals surface area contributed by atoms with Gasteiger partial charge in [-0.15, -0.1) is 24.0 Å². The molecule has 0 saturated heterocycles. The average Bonchev–Trinajstić information content (AvgIpc) is 2.94. The molecule has 0 unspecified atom stereocenters. The molecule has 0 aliphatic heterocycles. The van der Waals surface area contributed by atoms with Crippen LogP contribution in [0.2, 0.25) is 0 Å². The maximum absolute atomic E-state index is 5.81. The molecule has 0 aliphatic rings. The Morgan fingerprint density at radius 1 is 1.19 bits per heavy atom. The van der Waals surface area contributed by atoms with Gasteiger partial charge in [-0.3, -0.25) is 9.67 Å². The van der Waals surface area contributed by atoms with Crippen LogP contribution in [-0.2, 0) is 6.54 Å². The van der Waals surface area contributed by atoms with Crippen LogP contribution in [0, 0.1) is 20.8 Å². The standard InChI is InChI=1S/C20H31N5O.HI/c1-5-21-20(22-11-8-13-25-18(4)15-17(3)24-25)23-12-14-26-19-10-7-6-9-16(19)2;/h6-7,9-10,15H,5,8,11-14H2,1-4H3,(H2,21,22,23);1H. The number of benzene rings is 1. The lowest BCUT2D eigenvalue weighted by Crippen LogP contribution is -2.39. The maximum atomic E-state index is 5.81. The highest BCUT2D eigenvalue weighted by Gasteiger charge is 2.01. The molecule has 150 valence electrons. The lowest BCUT2D eigenvalue weighted by Gasteiger charge is -2.13. The van der Waals surface area contributed by atoms with Crippen molar-refractivity contribution in [3.63, 3.8) is 0 Å². The van der Waals surface area contributed by atoms with E-state index in [0.29, 0.717) is 13.2 Å². The van der Waals surface area contributed by atoms with Gasteiger partial charge >= 0.3 is 0 Å². The second kappa shape index (κ2) is 12.6. The van der Waals surface area contributed by atoms with Gasteiger partial charge in [0.2, 0.25) is 0 Å². The molecule has 1 aromatic carbocycles. The number of nitrogens with zero attached hydrogens (tertiary/aromatic N) is 3. The minimum atomic E-state index is 0. The topological polar surface area (TPSA) is 63.5 Å².